The molecule has 0 aliphatic heterocycles. The van der Waals surface area contributed by atoms with Gasteiger partial charge in [-0.1, -0.05) is 67.6 Å². The average molecular weight is 636 g/mol. The van der Waals surface area contributed by atoms with Gasteiger partial charge in [0.05, 0.1) is 11.4 Å². The van der Waals surface area contributed by atoms with Crippen LogP contribution in [0.5, 0.6) is 17.4 Å². The molecule has 0 saturated carbocycles. The van der Waals surface area contributed by atoms with Crippen molar-refractivity contribution in [1.82, 2.24) is 14.4 Å². The fourth-order valence-corrected chi connectivity index (χ4v) is 5.86. The second kappa shape index (κ2) is 16.8. The molecule has 3 aromatic carbocycles. The summed E-state index contributed by atoms with van der Waals surface area (Å²) in [7, 11) is 2.81. The first kappa shape index (κ1) is 33.0. The number of benzene rings is 3. The third kappa shape index (κ3) is 9.31. The van der Waals surface area contributed by atoms with Crippen LogP contribution < -0.4 is 0 Å². The van der Waals surface area contributed by atoms with Crippen molar-refractivity contribution < 1.29 is 15.3 Å². The second-order valence-electron chi connectivity index (χ2n) is 11.9. The quantitative estimate of drug-likeness (QED) is 0.0790. The van der Waals surface area contributed by atoms with E-state index >= 15 is 0 Å². The molecule has 46 heavy (non-hydrogen) atoms. The maximum atomic E-state index is 11.3. The maximum absolute atomic E-state index is 11.3. The van der Waals surface area contributed by atoms with E-state index in [2.05, 4.69) is 20.2 Å². The first-order valence-electron chi connectivity index (χ1n) is 16.4. The Morgan fingerprint density at radius 1 is 0.630 bits per heavy atom. The molecule has 5 aromatic rings. The molecule has 2 heterocycles. The number of fused-ring (bicyclic) bond motifs is 1. The molecule has 0 aliphatic rings. The maximum Gasteiger partial charge on any atom is 0.311 e. The summed E-state index contributed by atoms with van der Waals surface area (Å²) in [5.74, 6) is 0.437. The van der Waals surface area contributed by atoms with E-state index in [0.29, 0.717) is 35.6 Å². The SMILES string of the molecule is Oc1ccc(Cc2nc(-c3ccc(O)cc3)cn3c(O)c(Cc4ccc(C#[N+]CCCCCCCCCCCP)cc4)nc23)cc1. The minimum Gasteiger partial charge on any atom is -0.508 e. The third-order valence-electron chi connectivity index (χ3n) is 8.20. The highest BCUT2D eigenvalue weighted by Crippen LogP contribution is 2.29. The van der Waals surface area contributed by atoms with Gasteiger partial charge in [-0.05, 0) is 78.7 Å². The van der Waals surface area contributed by atoms with Crippen LogP contribution in [-0.2, 0) is 12.8 Å². The van der Waals surface area contributed by atoms with Gasteiger partial charge in [0.25, 0.3) is 6.54 Å². The number of aromatic hydroxyl groups is 3. The molecule has 1 unspecified atom stereocenters. The number of imidazole rings is 1. The van der Waals surface area contributed by atoms with Crippen molar-refractivity contribution in [3.05, 3.63) is 112 Å². The topological polar surface area (TPSA) is 95.2 Å². The van der Waals surface area contributed by atoms with Crippen molar-refractivity contribution in [2.45, 2.75) is 70.6 Å². The molecular formula is C38H44N4O3P+. The number of unbranched alkanes of at least 4 members (excludes halogenated alkanes) is 8. The molecular weight excluding hydrogens is 591 g/mol. The third-order valence-corrected chi connectivity index (χ3v) is 8.61. The summed E-state index contributed by atoms with van der Waals surface area (Å²) < 4.78 is 1.68. The summed E-state index contributed by atoms with van der Waals surface area (Å²) >= 11 is 0. The fraction of sp³-hybridized carbons (Fsp3) is 0.342. The van der Waals surface area contributed by atoms with Gasteiger partial charge in [-0.15, -0.1) is 9.24 Å². The molecule has 3 N–H and O–H groups in total. The summed E-state index contributed by atoms with van der Waals surface area (Å²) in [6.07, 6.45) is 15.6. The van der Waals surface area contributed by atoms with Crippen LogP contribution in [-0.4, -0.2) is 42.4 Å². The number of nitrogens with zero attached hydrogens (tertiary/aromatic N) is 4. The summed E-state index contributed by atoms with van der Waals surface area (Å²) in [6, 6.07) is 25.0. The van der Waals surface area contributed by atoms with E-state index in [1.165, 1.54) is 57.5 Å². The predicted molar refractivity (Wildman–Crippen MR) is 189 cm³/mol. The lowest BCUT2D eigenvalue weighted by Gasteiger charge is -2.09. The molecule has 238 valence electrons. The lowest BCUT2D eigenvalue weighted by atomic mass is 10.1. The van der Waals surface area contributed by atoms with Gasteiger partial charge in [0.2, 0.25) is 5.88 Å². The molecule has 0 bridgehead atoms. The number of hydrogen-bond acceptors (Lipinski definition) is 5. The standard InChI is InChI=1S/C38H43N4O3P/c43-32-18-14-29(15-19-32)24-34-37-41-35(38(45)42(37)27-36(40-34)31-16-20-33(44)21-17-31)25-28-10-12-30(13-11-28)26-39-22-8-6-4-2-1-3-5-7-9-23-46/h10-21,27H,1-9,22-25,46H2,(H2-,40,43,44,45)/p+1. The summed E-state index contributed by atoms with van der Waals surface area (Å²) in [4.78, 5) is 14.2. The first-order valence-corrected chi connectivity index (χ1v) is 17.2. The van der Waals surface area contributed by atoms with E-state index in [1.54, 1.807) is 47.0 Å². The number of aromatic nitrogens is 3. The summed E-state index contributed by atoms with van der Waals surface area (Å²) in [5, 5.41) is 30.8. The molecule has 2 aromatic heterocycles. The average Bonchev–Trinajstić information content (AvgIpc) is 3.38. The molecule has 0 spiro atoms. The van der Waals surface area contributed by atoms with Gasteiger partial charge < -0.3 is 15.3 Å². The molecule has 1 atom stereocenters. The Morgan fingerprint density at radius 2 is 1.17 bits per heavy atom. The minimum absolute atomic E-state index is 0.0669. The van der Waals surface area contributed by atoms with Crippen molar-refractivity contribution in [2.75, 3.05) is 12.7 Å². The zero-order valence-corrected chi connectivity index (χ0v) is 27.6. The van der Waals surface area contributed by atoms with Gasteiger partial charge in [-0.2, -0.15) is 0 Å². The van der Waals surface area contributed by atoms with Gasteiger partial charge in [-0.25, -0.2) is 9.97 Å². The Morgan fingerprint density at radius 3 is 1.80 bits per heavy atom. The van der Waals surface area contributed by atoms with Crippen LogP contribution in [0.4, 0.5) is 0 Å². The summed E-state index contributed by atoms with van der Waals surface area (Å²) in [6.45, 7) is 0.803. The Bertz CT molecular complexity index is 1760. The monoisotopic (exact) mass is 635 g/mol. The minimum atomic E-state index is 0.0669. The van der Waals surface area contributed by atoms with Crippen LogP contribution in [0.1, 0.15) is 85.9 Å². The van der Waals surface area contributed by atoms with E-state index in [4.69, 9.17) is 9.97 Å². The van der Waals surface area contributed by atoms with Crippen molar-refractivity contribution in [3.8, 4) is 34.7 Å². The number of phenolic OH excluding ortho intramolecular Hbond substituents is 2. The second-order valence-corrected chi connectivity index (χ2v) is 12.5. The van der Waals surface area contributed by atoms with Crippen LogP contribution in [0.3, 0.4) is 0 Å². The van der Waals surface area contributed by atoms with E-state index in [9.17, 15) is 15.3 Å². The molecule has 8 heteroatoms. The largest absolute Gasteiger partial charge is 0.508 e. The van der Waals surface area contributed by atoms with Crippen LogP contribution in [0.25, 0.3) is 21.7 Å². The van der Waals surface area contributed by atoms with E-state index in [0.717, 1.165) is 35.2 Å². The molecule has 7 nitrogen and oxygen atoms in total. The van der Waals surface area contributed by atoms with E-state index < -0.39 is 0 Å². The van der Waals surface area contributed by atoms with Gasteiger partial charge in [0.1, 0.15) is 22.8 Å². The number of phenols is 2. The smallest absolute Gasteiger partial charge is 0.311 e. The van der Waals surface area contributed by atoms with Gasteiger partial charge in [0.15, 0.2) is 5.65 Å². The highest BCUT2D eigenvalue weighted by atomic mass is 31.0. The Kier molecular flexibility index (Phi) is 12.0. The zero-order chi connectivity index (χ0) is 32.1. The predicted octanol–water partition coefficient (Wildman–Crippen LogP) is 8.76. The normalized spacial score (nSPS) is 11.1. The van der Waals surface area contributed by atoms with Gasteiger partial charge in [0, 0.05) is 31.0 Å². The Hall–Kier alpha value is -4.40. The van der Waals surface area contributed by atoms with Crippen LogP contribution in [0.2, 0.25) is 0 Å². The lowest BCUT2D eigenvalue weighted by molar-refractivity contribution is 0.442. The Labute approximate surface area is 274 Å². The number of rotatable bonds is 15. The number of hydrogen-bond donors (Lipinski definition) is 3. The molecule has 5 rings (SSSR count). The van der Waals surface area contributed by atoms with Crippen molar-refractivity contribution >= 4 is 14.9 Å². The van der Waals surface area contributed by atoms with Crippen LogP contribution in [0.15, 0.2) is 79.0 Å². The van der Waals surface area contributed by atoms with Crippen LogP contribution in [0, 0.1) is 6.07 Å². The van der Waals surface area contributed by atoms with Crippen molar-refractivity contribution in [2.24, 2.45) is 0 Å². The first-order chi connectivity index (χ1) is 22.5. The van der Waals surface area contributed by atoms with Crippen molar-refractivity contribution in [1.29, 1.82) is 0 Å². The highest BCUT2D eigenvalue weighted by molar-refractivity contribution is 7.16. The molecule has 0 aliphatic carbocycles. The van der Waals surface area contributed by atoms with Gasteiger partial charge >= 0.3 is 6.07 Å². The molecule has 0 amide bonds. The highest BCUT2D eigenvalue weighted by Gasteiger charge is 2.18. The summed E-state index contributed by atoms with van der Waals surface area (Å²) in [5.41, 5.74) is 6.20. The van der Waals surface area contributed by atoms with E-state index in [1.807, 2.05) is 36.4 Å². The molecule has 0 radical (unpaired) electrons. The molecule has 0 saturated heterocycles. The zero-order valence-electron chi connectivity index (χ0n) is 26.4. The Balaban J connectivity index is 1.23. The van der Waals surface area contributed by atoms with Crippen molar-refractivity contribution in [3.63, 3.8) is 0 Å². The van der Waals surface area contributed by atoms with Crippen LogP contribution >= 0.6 is 9.24 Å². The fourth-order valence-electron chi connectivity index (χ4n) is 5.57. The van der Waals surface area contributed by atoms with Gasteiger partial charge in [-0.3, -0.25) is 4.40 Å². The lowest BCUT2D eigenvalue weighted by Crippen LogP contribution is -2.01. The molecule has 0 fully saturated rings. The van der Waals surface area contributed by atoms with E-state index in [-0.39, 0.29) is 17.4 Å².